The van der Waals surface area contributed by atoms with Gasteiger partial charge in [0.05, 0.1) is 31.9 Å². The number of urea groups is 1. The number of carbonyl (C=O) groups is 1. The van der Waals surface area contributed by atoms with Crippen LogP contribution in [-0.4, -0.2) is 47.9 Å². The first-order chi connectivity index (χ1) is 9.54. The van der Waals surface area contributed by atoms with Crippen molar-refractivity contribution < 1.29 is 14.6 Å². The van der Waals surface area contributed by atoms with E-state index in [2.05, 4.69) is 5.32 Å². The Hall–Kier alpha value is -1.30. The Bertz CT molecular complexity index is 444. The highest BCUT2D eigenvalue weighted by Gasteiger charge is 2.31. The molecule has 0 spiro atoms. The van der Waals surface area contributed by atoms with Crippen LogP contribution in [0.1, 0.15) is 12.5 Å². The van der Waals surface area contributed by atoms with E-state index in [1.165, 1.54) is 0 Å². The Morgan fingerprint density at radius 1 is 1.50 bits per heavy atom. The molecule has 0 unspecified atom stereocenters. The van der Waals surface area contributed by atoms with Crippen molar-refractivity contribution in [2.24, 2.45) is 0 Å². The molecule has 0 aromatic heterocycles. The van der Waals surface area contributed by atoms with Gasteiger partial charge in [0.15, 0.2) is 0 Å². The molecule has 0 saturated carbocycles. The molecule has 0 bridgehead atoms. The number of aliphatic hydroxyl groups excluding tert-OH is 1. The Labute approximate surface area is 123 Å². The van der Waals surface area contributed by atoms with E-state index < -0.39 is 6.10 Å². The SMILES string of the molecule is C[C@H](O)CNC(=O)N1CC(OCc2ccc(Cl)cc2)C1. The van der Waals surface area contributed by atoms with Crippen LogP contribution in [0.5, 0.6) is 0 Å². The van der Waals surface area contributed by atoms with Crippen LogP contribution in [0.4, 0.5) is 4.79 Å². The van der Waals surface area contributed by atoms with E-state index in [0.717, 1.165) is 5.56 Å². The number of amides is 2. The van der Waals surface area contributed by atoms with Gasteiger partial charge in [0.1, 0.15) is 0 Å². The van der Waals surface area contributed by atoms with Gasteiger partial charge in [0, 0.05) is 11.6 Å². The predicted molar refractivity (Wildman–Crippen MR) is 76.7 cm³/mol. The predicted octanol–water partition coefficient (Wildman–Crippen LogP) is 1.63. The molecular weight excluding hydrogens is 280 g/mol. The van der Waals surface area contributed by atoms with Gasteiger partial charge in [-0.15, -0.1) is 0 Å². The van der Waals surface area contributed by atoms with Gasteiger partial charge in [-0.3, -0.25) is 0 Å². The standard InChI is InChI=1S/C14H19ClN2O3/c1-10(18)6-16-14(19)17-7-13(8-17)20-9-11-2-4-12(15)5-3-11/h2-5,10,13,18H,6-9H2,1H3,(H,16,19)/t10-/m0/s1. The average Bonchev–Trinajstić information content (AvgIpc) is 2.36. The van der Waals surface area contributed by atoms with Crippen molar-refractivity contribution >= 4 is 17.6 Å². The lowest BCUT2D eigenvalue weighted by Crippen LogP contribution is -2.58. The summed E-state index contributed by atoms with van der Waals surface area (Å²) in [6.45, 7) is 3.59. The van der Waals surface area contributed by atoms with Gasteiger partial charge in [-0.05, 0) is 24.6 Å². The third-order valence-electron chi connectivity index (χ3n) is 3.08. The van der Waals surface area contributed by atoms with Crippen LogP contribution in [0.3, 0.4) is 0 Å². The van der Waals surface area contributed by atoms with Crippen molar-refractivity contribution in [2.75, 3.05) is 19.6 Å². The highest BCUT2D eigenvalue weighted by atomic mass is 35.5. The molecule has 1 saturated heterocycles. The zero-order chi connectivity index (χ0) is 14.5. The lowest BCUT2D eigenvalue weighted by molar-refractivity contribution is -0.0444. The van der Waals surface area contributed by atoms with Crippen LogP contribution < -0.4 is 5.32 Å². The number of halogens is 1. The lowest BCUT2D eigenvalue weighted by atomic mass is 10.2. The number of nitrogens with zero attached hydrogens (tertiary/aromatic N) is 1. The fourth-order valence-corrected chi connectivity index (χ4v) is 1.98. The van der Waals surface area contributed by atoms with Crippen molar-refractivity contribution in [2.45, 2.75) is 25.7 Å². The van der Waals surface area contributed by atoms with Gasteiger partial charge in [0.2, 0.25) is 0 Å². The Morgan fingerprint density at radius 2 is 2.15 bits per heavy atom. The molecule has 110 valence electrons. The molecule has 2 N–H and O–H groups in total. The fraction of sp³-hybridized carbons (Fsp3) is 0.500. The maximum absolute atomic E-state index is 11.6. The summed E-state index contributed by atoms with van der Waals surface area (Å²) in [5, 5.41) is 12.4. The molecule has 2 rings (SSSR count). The average molecular weight is 299 g/mol. The van der Waals surface area contributed by atoms with E-state index in [1.807, 2.05) is 24.3 Å². The topological polar surface area (TPSA) is 61.8 Å². The number of rotatable bonds is 5. The van der Waals surface area contributed by atoms with E-state index >= 15 is 0 Å². The Balaban J connectivity index is 1.64. The first-order valence-corrected chi connectivity index (χ1v) is 6.99. The lowest BCUT2D eigenvalue weighted by Gasteiger charge is -2.38. The van der Waals surface area contributed by atoms with Crippen LogP contribution in [0, 0.1) is 0 Å². The monoisotopic (exact) mass is 298 g/mol. The first kappa shape index (κ1) is 15.1. The van der Waals surface area contributed by atoms with Crippen LogP contribution >= 0.6 is 11.6 Å². The van der Waals surface area contributed by atoms with Gasteiger partial charge < -0.3 is 20.1 Å². The number of ether oxygens (including phenoxy) is 1. The van der Waals surface area contributed by atoms with Gasteiger partial charge in [0.25, 0.3) is 0 Å². The summed E-state index contributed by atoms with van der Waals surface area (Å²) in [7, 11) is 0. The van der Waals surface area contributed by atoms with E-state index in [1.54, 1.807) is 11.8 Å². The highest BCUT2D eigenvalue weighted by molar-refractivity contribution is 6.30. The van der Waals surface area contributed by atoms with Gasteiger partial charge >= 0.3 is 6.03 Å². The molecule has 0 radical (unpaired) electrons. The number of benzene rings is 1. The van der Waals surface area contributed by atoms with Crippen molar-refractivity contribution in [1.82, 2.24) is 10.2 Å². The molecule has 1 aliphatic rings. The van der Waals surface area contributed by atoms with Crippen molar-refractivity contribution in [1.29, 1.82) is 0 Å². The molecule has 5 nitrogen and oxygen atoms in total. The second-order valence-electron chi connectivity index (χ2n) is 5.00. The van der Waals surface area contributed by atoms with Crippen LogP contribution in [0.25, 0.3) is 0 Å². The zero-order valence-electron chi connectivity index (χ0n) is 11.4. The molecule has 1 aromatic rings. The summed E-state index contributed by atoms with van der Waals surface area (Å²) in [5.41, 5.74) is 1.06. The van der Waals surface area contributed by atoms with Crippen LogP contribution in [-0.2, 0) is 11.3 Å². The molecule has 1 fully saturated rings. The number of carbonyl (C=O) groups excluding carboxylic acids is 1. The Kier molecular flexibility index (Phi) is 5.23. The molecule has 0 aliphatic carbocycles. The smallest absolute Gasteiger partial charge is 0.317 e. The zero-order valence-corrected chi connectivity index (χ0v) is 12.1. The minimum absolute atomic E-state index is 0.0722. The molecule has 1 aromatic carbocycles. The first-order valence-electron chi connectivity index (χ1n) is 6.61. The number of hydrogen-bond acceptors (Lipinski definition) is 3. The van der Waals surface area contributed by atoms with Crippen molar-refractivity contribution in [3.63, 3.8) is 0 Å². The molecule has 6 heteroatoms. The van der Waals surface area contributed by atoms with E-state index in [0.29, 0.717) is 24.7 Å². The molecule has 1 atom stereocenters. The number of likely N-dealkylation sites (tertiary alicyclic amines) is 1. The largest absolute Gasteiger partial charge is 0.392 e. The van der Waals surface area contributed by atoms with Crippen molar-refractivity contribution in [3.05, 3.63) is 34.9 Å². The molecular formula is C14H19ClN2O3. The minimum Gasteiger partial charge on any atom is -0.392 e. The van der Waals surface area contributed by atoms with Gasteiger partial charge in [-0.2, -0.15) is 0 Å². The van der Waals surface area contributed by atoms with Crippen molar-refractivity contribution in [3.8, 4) is 0 Å². The molecule has 1 heterocycles. The third-order valence-corrected chi connectivity index (χ3v) is 3.33. The second kappa shape index (κ2) is 6.92. The second-order valence-corrected chi connectivity index (χ2v) is 5.44. The normalized spacial score (nSPS) is 16.6. The van der Waals surface area contributed by atoms with Crippen LogP contribution in [0.15, 0.2) is 24.3 Å². The number of hydrogen-bond donors (Lipinski definition) is 2. The minimum atomic E-state index is -0.530. The summed E-state index contributed by atoms with van der Waals surface area (Å²) >= 11 is 5.81. The summed E-state index contributed by atoms with van der Waals surface area (Å²) in [6.07, 6.45) is -0.458. The van der Waals surface area contributed by atoms with Gasteiger partial charge in [-0.1, -0.05) is 23.7 Å². The number of nitrogens with one attached hydrogen (secondary N) is 1. The third kappa shape index (κ3) is 4.37. The number of aliphatic hydroxyl groups is 1. The van der Waals surface area contributed by atoms with Gasteiger partial charge in [-0.25, -0.2) is 4.79 Å². The fourth-order valence-electron chi connectivity index (χ4n) is 1.85. The molecule has 2 amide bonds. The summed E-state index contributed by atoms with van der Waals surface area (Å²) < 4.78 is 5.70. The quantitative estimate of drug-likeness (QED) is 0.868. The Morgan fingerprint density at radius 3 is 2.75 bits per heavy atom. The molecule has 1 aliphatic heterocycles. The maximum Gasteiger partial charge on any atom is 0.317 e. The molecule has 20 heavy (non-hydrogen) atoms. The summed E-state index contributed by atoms with van der Waals surface area (Å²) in [6, 6.07) is 7.35. The highest BCUT2D eigenvalue weighted by Crippen LogP contribution is 2.15. The summed E-state index contributed by atoms with van der Waals surface area (Å²) in [4.78, 5) is 13.3. The van der Waals surface area contributed by atoms with E-state index in [-0.39, 0.29) is 18.7 Å². The summed E-state index contributed by atoms with van der Waals surface area (Å²) in [5.74, 6) is 0. The van der Waals surface area contributed by atoms with E-state index in [9.17, 15) is 4.79 Å². The maximum atomic E-state index is 11.6. The van der Waals surface area contributed by atoms with Crippen LogP contribution in [0.2, 0.25) is 5.02 Å². The van der Waals surface area contributed by atoms with E-state index in [4.69, 9.17) is 21.4 Å².